The molecule has 0 saturated carbocycles. The largest absolute Gasteiger partial charge is 0.465 e. The molecule has 0 saturated heterocycles. The predicted octanol–water partition coefficient (Wildman–Crippen LogP) is 2.44. The number of sulfonamides is 1. The smallest absolute Gasteiger partial charge is 0.350 e. The van der Waals surface area contributed by atoms with E-state index in [1.54, 1.807) is 19.1 Å². The summed E-state index contributed by atoms with van der Waals surface area (Å²) in [6, 6.07) is 11.1. The number of carbonyl (C=O) groups is 3. The fraction of sp³-hybridized carbons (Fsp3) is 0.182. The molecular weight excluding hydrogens is 466 g/mol. The number of rotatable bonds is 9. The summed E-state index contributed by atoms with van der Waals surface area (Å²) in [6.45, 7) is 1.66. The molecule has 2 aromatic rings. The van der Waals surface area contributed by atoms with Gasteiger partial charge in [-0.2, -0.15) is 5.26 Å². The number of hydrogen-bond donors (Lipinski definition) is 2. The Morgan fingerprint density at radius 2 is 1.68 bits per heavy atom. The molecule has 0 radical (unpaired) electrons. The highest BCUT2D eigenvalue weighted by molar-refractivity contribution is 7.92. The van der Waals surface area contributed by atoms with E-state index in [0.717, 1.165) is 32.6 Å². The topological polar surface area (TPSA) is 161 Å². The van der Waals surface area contributed by atoms with Crippen LogP contribution in [-0.2, 0) is 29.0 Å². The standard InChI is InChI=1S/C22H21N3O8S/c1-4-33-21(27)15(12-23)13-24-17-7-5-6-8-18(17)25-34(29,30)19-11-14(20(26)31-2)9-10-16(19)22(28)32-3/h5-11,13,24-25H,4H2,1-3H3/b15-13+. The van der Waals surface area contributed by atoms with Gasteiger partial charge in [0.2, 0.25) is 0 Å². The summed E-state index contributed by atoms with van der Waals surface area (Å²) in [5.74, 6) is -2.58. The summed E-state index contributed by atoms with van der Waals surface area (Å²) < 4.78 is 42.8. The fourth-order valence-electron chi connectivity index (χ4n) is 2.66. The first-order chi connectivity index (χ1) is 16.2. The average molecular weight is 487 g/mol. The van der Waals surface area contributed by atoms with E-state index in [0.29, 0.717) is 0 Å². The number of methoxy groups -OCH3 is 2. The average Bonchev–Trinajstić information content (AvgIpc) is 2.84. The van der Waals surface area contributed by atoms with E-state index in [4.69, 9.17) is 10.00 Å². The first kappa shape index (κ1) is 25.9. The molecule has 12 heteroatoms. The van der Waals surface area contributed by atoms with Gasteiger partial charge in [-0.3, -0.25) is 4.72 Å². The Hall–Kier alpha value is -4.37. The summed E-state index contributed by atoms with van der Waals surface area (Å²) in [5.41, 5.74) is -0.524. The van der Waals surface area contributed by atoms with Crippen LogP contribution in [0.5, 0.6) is 0 Å². The molecular formula is C22H21N3O8S. The molecule has 0 bridgehead atoms. The number of ether oxygens (including phenoxy) is 3. The van der Waals surface area contributed by atoms with Gasteiger partial charge in [-0.25, -0.2) is 22.8 Å². The third-order valence-electron chi connectivity index (χ3n) is 4.26. The van der Waals surface area contributed by atoms with Crippen LogP contribution in [0.1, 0.15) is 27.6 Å². The van der Waals surface area contributed by atoms with Crippen molar-refractivity contribution < 1.29 is 37.0 Å². The minimum atomic E-state index is -4.43. The monoisotopic (exact) mass is 487 g/mol. The minimum absolute atomic E-state index is 0.0270. The molecule has 0 aliphatic heterocycles. The molecule has 178 valence electrons. The number of hydrogen-bond acceptors (Lipinski definition) is 10. The minimum Gasteiger partial charge on any atom is -0.465 e. The first-order valence-electron chi connectivity index (χ1n) is 9.64. The van der Waals surface area contributed by atoms with Gasteiger partial charge in [0.25, 0.3) is 10.0 Å². The zero-order valence-electron chi connectivity index (χ0n) is 18.4. The van der Waals surface area contributed by atoms with E-state index in [1.165, 1.54) is 24.3 Å². The fourth-order valence-corrected chi connectivity index (χ4v) is 3.96. The molecule has 0 atom stereocenters. The van der Waals surface area contributed by atoms with Crippen LogP contribution < -0.4 is 10.0 Å². The lowest BCUT2D eigenvalue weighted by molar-refractivity contribution is -0.138. The molecule has 0 aliphatic carbocycles. The molecule has 0 spiro atoms. The van der Waals surface area contributed by atoms with Crippen molar-refractivity contribution in [2.75, 3.05) is 30.9 Å². The van der Waals surface area contributed by atoms with Crippen LogP contribution in [0.4, 0.5) is 11.4 Å². The second kappa shape index (κ2) is 11.5. The van der Waals surface area contributed by atoms with Crippen molar-refractivity contribution in [1.82, 2.24) is 0 Å². The number of nitrogens with one attached hydrogen (secondary N) is 2. The van der Waals surface area contributed by atoms with E-state index in [1.807, 2.05) is 0 Å². The van der Waals surface area contributed by atoms with Crippen LogP contribution in [0.15, 0.2) is 59.1 Å². The van der Waals surface area contributed by atoms with E-state index in [-0.39, 0.29) is 34.7 Å². The van der Waals surface area contributed by atoms with Crippen LogP contribution in [0.25, 0.3) is 0 Å². The summed E-state index contributed by atoms with van der Waals surface area (Å²) in [6.07, 6.45) is 1.07. The SMILES string of the molecule is CCOC(=O)/C(C#N)=C/Nc1ccccc1NS(=O)(=O)c1cc(C(=O)OC)ccc1C(=O)OC. The molecule has 0 fully saturated rings. The molecule has 0 aliphatic rings. The highest BCUT2D eigenvalue weighted by Gasteiger charge is 2.26. The Morgan fingerprint density at radius 1 is 1.03 bits per heavy atom. The van der Waals surface area contributed by atoms with Crippen LogP contribution in [0.2, 0.25) is 0 Å². The van der Waals surface area contributed by atoms with Crippen LogP contribution in [0.3, 0.4) is 0 Å². The number of nitriles is 1. The van der Waals surface area contributed by atoms with Gasteiger partial charge in [0.1, 0.15) is 11.0 Å². The van der Waals surface area contributed by atoms with Crippen molar-refractivity contribution >= 4 is 39.3 Å². The third-order valence-corrected chi connectivity index (χ3v) is 5.66. The van der Waals surface area contributed by atoms with E-state index >= 15 is 0 Å². The normalized spacial score (nSPS) is 11.1. The number of nitrogens with zero attached hydrogens (tertiary/aromatic N) is 1. The Kier molecular flexibility index (Phi) is 8.74. The van der Waals surface area contributed by atoms with Crippen LogP contribution in [-0.4, -0.2) is 47.2 Å². The lowest BCUT2D eigenvalue weighted by Gasteiger charge is -2.15. The zero-order valence-corrected chi connectivity index (χ0v) is 19.3. The number of benzene rings is 2. The van der Waals surface area contributed by atoms with Gasteiger partial charge in [-0.1, -0.05) is 12.1 Å². The molecule has 0 aromatic heterocycles. The number of esters is 3. The molecule has 0 heterocycles. The highest BCUT2D eigenvalue weighted by atomic mass is 32.2. The van der Waals surface area contributed by atoms with Crippen molar-refractivity contribution in [2.24, 2.45) is 0 Å². The Balaban J connectivity index is 2.49. The molecule has 0 unspecified atom stereocenters. The molecule has 2 rings (SSSR count). The zero-order chi connectivity index (χ0) is 25.3. The van der Waals surface area contributed by atoms with Crippen molar-refractivity contribution in [2.45, 2.75) is 11.8 Å². The first-order valence-corrected chi connectivity index (χ1v) is 11.1. The van der Waals surface area contributed by atoms with Gasteiger partial charge in [0, 0.05) is 6.20 Å². The van der Waals surface area contributed by atoms with Gasteiger partial charge < -0.3 is 19.5 Å². The lowest BCUT2D eigenvalue weighted by Crippen LogP contribution is -2.19. The highest BCUT2D eigenvalue weighted by Crippen LogP contribution is 2.27. The van der Waals surface area contributed by atoms with Gasteiger partial charge in [-0.15, -0.1) is 0 Å². The molecule has 2 N–H and O–H groups in total. The Labute approximate surface area is 196 Å². The quantitative estimate of drug-likeness (QED) is 0.233. The van der Waals surface area contributed by atoms with Gasteiger partial charge >= 0.3 is 17.9 Å². The van der Waals surface area contributed by atoms with Crippen molar-refractivity contribution in [1.29, 1.82) is 5.26 Å². The lowest BCUT2D eigenvalue weighted by atomic mass is 10.1. The van der Waals surface area contributed by atoms with Crippen molar-refractivity contribution in [3.05, 3.63) is 65.4 Å². The Bertz CT molecular complexity index is 1280. The van der Waals surface area contributed by atoms with Gasteiger partial charge in [0.15, 0.2) is 5.57 Å². The number of para-hydroxylation sites is 2. The second-order valence-corrected chi connectivity index (χ2v) is 8.03. The maximum absolute atomic E-state index is 13.2. The molecule has 11 nitrogen and oxygen atoms in total. The van der Waals surface area contributed by atoms with Gasteiger partial charge in [0.05, 0.1) is 43.3 Å². The third kappa shape index (κ3) is 6.11. The molecule has 2 aromatic carbocycles. The van der Waals surface area contributed by atoms with Crippen molar-refractivity contribution in [3.63, 3.8) is 0 Å². The van der Waals surface area contributed by atoms with Gasteiger partial charge in [-0.05, 0) is 37.3 Å². The second-order valence-electron chi connectivity index (χ2n) is 6.38. The van der Waals surface area contributed by atoms with E-state index in [2.05, 4.69) is 19.5 Å². The maximum atomic E-state index is 13.2. The summed E-state index contributed by atoms with van der Waals surface area (Å²) in [4.78, 5) is 35.3. The van der Waals surface area contributed by atoms with Crippen molar-refractivity contribution in [3.8, 4) is 6.07 Å². The Morgan fingerprint density at radius 3 is 2.26 bits per heavy atom. The summed E-state index contributed by atoms with van der Waals surface area (Å²) >= 11 is 0. The predicted molar refractivity (Wildman–Crippen MR) is 120 cm³/mol. The molecule has 0 amide bonds. The number of carbonyl (C=O) groups excluding carboxylic acids is 3. The summed E-state index contributed by atoms with van der Waals surface area (Å²) in [7, 11) is -2.22. The van der Waals surface area contributed by atoms with E-state index < -0.39 is 32.8 Å². The molecule has 34 heavy (non-hydrogen) atoms. The van der Waals surface area contributed by atoms with Crippen LogP contribution >= 0.6 is 0 Å². The van der Waals surface area contributed by atoms with E-state index in [9.17, 15) is 22.8 Å². The van der Waals surface area contributed by atoms with Crippen LogP contribution in [0, 0.1) is 11.3 Å². The number of anilines is 2. The summed E-state index contributed by atoms with van der Waals surface area (Å²) in [5, 5.41) is 11.8. The maximum Gasteiger partial charge on any atom is 0.350 e.